The van der Waals surface area contributed by atoms with E-state index in [4.69, 9.17) is 9.47 Å². The van der Waals surface area contributed by atoms with Crippen molar-refractivity contribution in [2.45, 2.75) is 58.7 Å². The quantitative estimate of drug-likeness (QED) is 0.687. The first-order valence-electron chi connectivity index (χ1n) is 10.0. The van der Waals surface area contributed by atoms with Crippen LogP contribution in [0.4, 0.5) is 4.39 Å². The Morgan fingerprint density at radius 2 is 1.85 bits per heavy atom. The maximum absolute atomic E-state index is 13.3. The Hall–Kier alpha value is -1.44. The molecule has 3 rings (SSSR count). The Morgan fingerprint density at radius 1 is 1.15 bits per heavy atom. The molecule has 2 fully saturated rings. The van der Waals surface area contributed by atoms with Crippen molar-refractivity contribution < 1.29 is 13.9 Å². The molecule has 142 valence electrons. The zero-order chi connectivity index (χ0) is 18.5. The van der Waals surface area contributed by atoms with Gasteiger partial charge in [-0.2, -0.15) is 5.26 Å². The minimum absolute atomic E-state index is 0.288. The normalized spacial score (nSPS) is 30.5. The van der Waals surface area contributed by atoms with E-state index in [-0.39, 0.29) is 5.56 Å². The van der Waals surface area contributed by atoms with Crippen LogP contribution in [0.3, 0.4) is 0 Å². The van der Waals surface area contributed by atoms with Gasteiger partial charge in [-0.25, -0.2) is 4.39 Å². The molecule has 1 aliphatic heterocycles. The Labute approximate surface area is 156 Å². The molecule has 1 aromatic carbocycles. The highest BCUT2D eigenvalue weighted by molar-refractivity contribution is 5.38. The number of halogens is 1. The molecule has 0 bridgehead atoms. The van der Waals surface area contributed by atoms with Crippen LogP contribution in [-0.4, -0.2) is 13.2 Å². The summed E-state index contributed by atoms with van der Waals surface area (Å²) in [6.45, 7) is 5.90. The van der Waals surface area contributed by atoms with Gasteiger partial charge in [-0.3, -0.25) is 0 Å². The number of hydrogen-bond acceptors (Lipinski definition) is 3. The van der Waals surface area contributed by atoms with Crippen LogP contribution in [0.15, 0.2) is 18.2 Å². The van der Waals surface area contributed by atoms with Gasteiger partial charge in [0.15, 0.2) is 6.29 Å². The lowest BCUT2D eigenvalue weighted by atomic mass is 9.71. The minimum atomic E-state index is -0.561. The Bertz CT molecular complexity index is 626. The highest BCUT2D eigenvalue weighted by Gasteiger charge is 2.34. The third-order valence-corrected chi connectivity index (χ3v) is 6.39. The van der Waals surface area contributed by atoms with Crippen LogP contribution in [-0.2, 0) is 9.47 Å². The summed E-state index contributed by atoms with van der Waals surface area (Å²) < 4.78 is 25.2. The molecule has 0 N–H and O–H groups in total. The predicted molar refractivity (Wildman–Crippen MR) is 98.8 cm³/mol. The van der Waals surface area contributed by atoms with Gasteiger partial charge < -0.3 is 9.47 Å². The molecule has 1 atom stereocenters. The van der Waals surface area contributed by atoms with E-state index in [9.17, 15) is 9.65 Å². The summed E-state index contributed by atoms with van der Waals surface area (Å²) in [4.78, 5) is 0. The maximum atomic E-state index is 13.3. The van der Waals surface area contributed by atoms with E-state index in [2.05, 4.69) is 13.8 Å². The monoisotopic (exact) mass is 359 g/mol. The van der Waals surface area contributed by atoms with Crippen LogP contribution in [0.25, 0.3) is 0 Å². The number of nitrogens with zero attached hydrogens (tertiary/aromatic N) is 1. The zero-order valence-corrected chi connectivity index (χ0v) is 15.9. The molecule has 1 saturated heterocycles. The number of nitriles is 1. The van der Waals surface area contributed by atoms with Crippen LogP contribution in [0.1, 0.15) is 69.8 Å². The molecule has 0 spiro atoms. The standard InChI is InChI=1S/C22H30FNO2/c1-3-4-16-5-7-17(8-6-16)15(2)19-13-25-22(26-14-19)21-10-9-20(23)11-18(21)12-24/h9-11,15-17,19,22H,3-8,13-14H2,1-2H3. The summed E-state index contributed by atoms with van der Waals surface area (Å²) in [6, 6.07) is 6.22. The molecular weight excluding hydrogens is 329 g/mol. The SMILES string of the molecule is CCCC1CCC(C(C)C2COC(c3ccc(F)cc3C#N)OC2)CC1. The van der Waals surface area contributed by atoms with Crippen LogP contribution in [0, 0.1) is 40.8 Å². The fourth-order valence-corrected chi connectivity index (χ4v) is 4.63. The van der Waals surface area contributed by atoms with Crippen molar-refractivity contribution >= 4 is 0 Å². The largest absolute Gasteiger partial charge is 0.348 e. The lowest BCUT2D eigenvalue weighted by Gasteiger charge is -2.39. The summed E-state index contributed by atoms with van der Waals surface area (Å²) in [7, 11) is 0. The van der Waals surface area contributed by atoms with Gasteiger partial charge in [-0.05, 0) is 48.8 Å². The highest BCUT2D eigenvalue weighted by atomic mass is 19.1. The third kappa shape index (κ3) is 4.45. The second-order valence-electron chi connectivity index (χ2n) is 8.03. The lowest BCUT2D eigenvalue weighted by molar-refractivity contribution is -0.215. The smallest absolute Gasteiger partial charge is 0.185 e. The van der Waals surface area contributed by atoms with Crippen LogP contribution in [0.2, 0.25) is 0 Å². The fraction of sp³-hybridized carbons (Fsp3) is 0.682. The van der Waals surface area contributed by atoms with E-state index in [0.717, 1.165) is 11.8 Å². The van der Waals surface area contributed by atoms with E-state index >= 15 is 0 Å². The Balaban J connectivity index is 1.53. The molecule has 3 nitrogen and oxygen atoms in total. The highest BCUT2D eigenvalue weighted by Crippen LogP contribution is 2.40. The molecule has 0 radical (unpaired) electrons. The topological polar surface area (TPSA) is 42.2 Å². The number of rotatable bonds is 5. The first kappa shape index (κ1) is 19.3. The maximum Gasteiger partial charge on any atom is 0.185 e. The Kier molecular flexibility index (Phi) is 6.67. The zero-order valence-electron chi connectivity index (χ0n) is 15.9. The van der Waals surface area contributed by atoms with Crippen molar-refractivity contribution in [1.29, 1.82) is 5.26 Å². The molecule has 4 heteroatoms. The van der Waals surface area contributed by atoms with E-state index in [1.165, 1.54) is 50.7 Å². The van der Waals surface area contributed by atoms with Gasteiger partial charge >= 0.3 is 0 Å². The fourth-order valence-electron chi connectivity index (χ4n) is 4.63. The summed E-state index contributed by atoms with van der Waals surface area (Å²) in [5, 5.41) is 9.22. The van der Waals surface area contributed by atoms with Crippen molar-refractivity contribution in [3.05, 3.63) is 35.1 Å². The van der Waals surface area contributed by atoms with Gasteiger partial charge in [0.2, 0.25) is 0 Å². The van der Waals surface area contributed by atoms with Gasteiger partial charge in [0, 0.05) is 11.5 Å². The molecule has 1 saturated carbocycles. The lowest BCUT2D eigenvalue weighted by Crippen LogP contribution is -2.35. The van der Waals surface area contributed by atoms with Gasteiger partial charge in [-0.1, -0.05) is 39.5 Å². The van der Waals surface area contributed by atoms with E-state index < -0.39 is 12.1 Å². The van der Waals surface area contributed by atoms with E-state index in [1.807, 2.05) is 6.07 Å². The Morgan fingerprint density at radius 3 is 2.46 bits per heavy atom. The molecule has 1 unspecified atom stereocenters. The third-order valence-electron chi connectivity index (χ3n) is 6.39. The van der Waals surface area contributed by atoms with Gasteiger partial charge in [-0.15, -0.1) is 0 Å². The number of benzene rings is 1. The average molecular weight is 359 g/mol. The van der Waals surface area contributed by atoms with Crippen LogP contribution >= 0.6 is 0 Å². The predicted octanol–water partition coefficient (Wildman–Crippen LogP) is 5.60. The summed E-state index contributed by atoms with van der Waals surface area (Å²) in [6.07, 6.45) is 7.48. The van der Waals surface area contributed by atoms with Crippen LogP contribution in [0.5, 0.6) is 0 Å². The summed E-state index contributed by atoms with van der Waals surface area (Å²) >= 11 is 0. The molecule has 1 aromatic rings. The van der Waals surface area contributed by atoms with Gasteiger partial charge in [0.1, 0.15) is 5.82 Å². The first-order chi connectivity index (χ1) is 12.6. The second-order valence-corrected chi connectivity index (χ2v) is 8.03. The summed E-state index contributed by atoms with van der Waals surface area (Å²) in [5.74, 6) is 2.25. The number of hydrogen-bond donors (Lipinski definition) is 0. The van der Waals surface area contributed by atoms with E-state index in [0.29, 0.717) is 30.6 Å². The number of ether oxygens (including phenoxy) is 2. The van der Waals surface area contributed by atoms with Crippen molar-refractivity contribution in [3.63, 3.8) is 0 Å². The molecule has 1 aliphatic carbocycles. The minimum Gasteiger partial charge on any atom is -0.348 e. The molecule has 26 heavy (non-hydrogen) atoms. The molecule has 1 heterocycles. The molecule has 0 amide bonds. The van der Waals surface area contributed by atoms with Crippen molar-refractivity contribution in [2.75, 3.05) is 13.2 Å². The van der Waals surface area contributed by atoms with Gasteiger partial charge in [0.05, 0.1) is 24.8 Å². The van der Waals surface area contributed by atoms with Gasteiger partial charge in [0.25, 0.3) is 0 Å². The molecule has 2 aliphatic rings. The van der Waals surface area contributed by atoms with Crippen molar-refractivity contribution in [2.24, 2.45) is 23.7 Å². The van der Waals surface area contributed by atoms with E-state index in [1.54, 1.807) is 6.07 Å². The molecular formula is C22H30FNO2. The first-order valence-corrected chi connectivity index (χ1v) is 10.0. The second kappa shape index (κ2) is 8.97. The van der Waals surface area contributed by atoms with Crippen molar-refractivity contribution in [1.82, 2.24) is 0 Å². The van der Waals surface area contributed by atoms with Crippen LogP contribution < -0.4 is 0 Å². The molecule has 0 aromatic heterocycles. The average Bonchev–Trinajstić information content (AvgIpc) is 2.68. The summed E-state index contributed by atoms with van der Waals surface area (Å²) in [5.41, 5.74) is 0.913. The van der Waals surface area contributed by atoms with Crippen molar-refractivity contribution in [3.8, 4) is 6.07 Å².